The Morgan fingerprint density at radius 3 is 1.42 bits per heavy atom. The zero-order valence-electron chi connectivity index (χ0n) is 19.1. The van der Waals surface area contributed by atoms with Crippen LogP contribution in [0.3, 0.4) is 0 Å². The lowest BCUT2D eigenvalue weighted by Gasteiger charge is -2.18. The van der Waals surface area contributed by atoms with Crippen molar-refractivity contribution in [3.8, 4) is 0 Å². The van der Waals surface area contributed by atoms with Gasteiger partial charge in [-0.25, -0.2) is 0 Å². The summed E-state index contributed by atoms with van der Waals surface area (Å²) in [6.45, 7) is 4.10. The number of nitrogens with one attached hydrogen (secondary N) is 1. The molecule has 31 heavy (non-hydrogen) atoms. The van der Waals surface area contributed by atoms with E-state index < -0.39 is 0 Å². The van der Waals surface area contributed by atoms with Gasteiger partial charge in [0, 0.05) is 57.9 Å². The van der Waals surface area contributed by atoms with Crippen LogP contribution in [0.25, 0.3) is 21.8 Å². The summed E-state index contributed by atoms with van der Waals surface area (Å²) in [6, 6.07) is 12.0. The Bertz CT molecular complexity index is 977. The van der Waals surface area contributed by atoms with Crippen LogP contribution in [0.1, 0.15) is 47.4 Å². The molecule has 0 amide bonds. The fourth-order valence-electron chi connectivity index (χ4n) is 3.39. The van der Waals surface area contributed by atoms with Gasteiger partial charge in [-0.05, 0) is 54.2 Å². The van der Waals surface area contributed by atoms with E-state index in [9.17, 15) is 9.59 Å². The summed E-state index contributed by atoms with van der Waals surface area (Å²) >= 11 is 0. The number of aromatic nitrogens is 1. The molecule has 5 nitrogen and oxygen atoms in total. The maximum Gasteiger partial charge on any atom is 0.164 e. The van der Waals surface area contributed by atoms with E-state index in [1.807, 2.05) is 64.6 Å². The fourth-order valence-corrected chi connectivity index (χ4v) is 3.39. The van der Waals surface area contributed by atoms with E-state index >= 15 is 0 Å². The number of rotatable bonds is 8. The minimum Gasteiger partial charge on any atom is -0.354 e. The Kier molecular flexibility index (Phi) is 9.70. The number of hydrogen-bond acceptors (Lipinski definition) is 4. The molecular formula is C24H33Cl2N3O2. The Balaban J connectivity index is 0.00000240. The van der Waals surface area contributed by atoms with Crippen LogP contribution in [0.2, 0.25) is 0 Å². The lowest BCUT2D eigenvalue weighted by Crippen LogP contribution is -2.27. The van der Waals surface area contributed by atoms with Crippen LogP contribution in [-0.4, -0.2) is 66.6 Å². The predicted octanol–water partition coefficient (Wildman–Crippen LogP) is 5.21. The van der Waals surface area contributed by atoms with Gasteiger partial charge in [0.2, 0.25) is 0 Å². The highest BCUT2D eigenvalue weighted by molar-refractivity contribution is 6.11. The van der Waals surface area contributed by atoms with Gasteiger partial charge in [-0.15, -0.1) is 24.8 Å². The molecule has 2 unspecified atom stereocenters. The molecule has 3 rings (SSSR count). The van der Waals surface area contributed by atoms with Crippen molar-refractivity contribution in [3.05, 3.63) is 47.5 Å². The van der Waals surface area contributed by atoms with Gasteiger partial charge in [-0.3, -0.25) is 9.59 Å². The van der Waals surface area contributed by atoms with Crippen molar-refractivity contribution in [3.63, 3.8) is 0 Å². The first-order chi connectivity index (χ1) is 13.7. The molecule has 0 radical (unpaired) electrons. The number of halogens is 2. The van der Waals surface area contributed by atoms with Crippen LogP contribution in [0.5, 0.6) is 0 Å². The summed E-state index contributed by atoms with van der Waals surface area (Å²) < 4.78 is 0. The van der Waals surface area contributed by atoms with E-state index in [0.717, 1.165) is 21.8 Å². The molecule has 0 bridgehead atoms. The first kappa shape index (κ1) is 27.1. The van der Waals surface area contributed by atoms with Crippen LogP contribution in [-0.2, 0) is 0 Å². The van der Waals surface area contributed by atoms with Gasteiger partial charge in [-0.2, -0.15) is 0 Å². The molecule has 1 N–H and O–H groups in total. The Hall–Kier alpha value is -1.92. The molecule has 0 aliphatic rings. The number of aromatic amines is 1. The van der Waals surface area contributed by atoms with Gasteiger partial charge in [0.15, 0.2) is 11.6 Å². The molecule has 0 spiro atoms. The van der Waals surface area contributed by atoms with Crippen LogP contribution >= 0.6 is 24.8 Å². The Labute approximate surface area is 197 Å². The number of carbonyl (C=O) groups excluding carboxylic acids is 2. The first-order valence-corrected chi connectivity index (χ1v) is 10.1. The van der Waals surface area contributed by atoms with Gasteiger partial charge in [0.1, 0.15) is 0 Å². The third-order valence-corrected chi connectivity index (χ3v) is 5.97. The van der Waals surface area contributed by atoms with E-state index in [1.54, 1.807) is 0 Å². The number of benzene rings is 2. The van der Waals surface area contributed by atoms with Gasteiger partial charge < -0.3 is 14.8 Å². The summed E-state index contributed by atoms with van der Waals surface area (Å²) in [7, 11) is 7.93. The van der Waals surface area contributed by atoms with Gasteiger partial charge in [-0.1, -0.05) is 24.3 Å². The van der Waals surface area contributed by atoms with E-state index in [1.165, 1.54) is 0 Å². The summed E-state index contributed by atoms with van der Waals surface area (Å²) in [5.41, 5.74) is 3.28. The van der Waals surface area contributed by atoms with Gasteiger partial charge in [0.05, 0.1) is 0 Å². The van der Waals surface area contributed by atoms with E-state index in [0.29, 0.717) is 24.0 Å². The molecule has 2 atom stereocenters. The van der Waals surface area contributed by atoms with Crippen molar-refractivity contribution in [1.82, 2.24) is 14.8 Å². The highest BCUT2D eigenvalue weighted by Gasteiger charge is 2.16. The summed E-state index contributed by atoms with van der Waals surface area (Å²) in [6.07, 6.45) is 0.975. The van der Waals surface area contributed by atoms with Gasteiger partial charge >= 0.3 is 0 Å². The number of carbonyl (C=O) groups is 2. The fraction of sp³-hybridized carbons (Fsp3) is 0.417. The second-order valence-electron chi connectivity index (χ2n) is 8.53. The number of H-pyrrole nitrogens is 1. The highest BCUT2D eigenvalue weighted by Crippen LogP contribution is 2.28. The van der Waals surface area contributed by atoms with E-state index in [4.69, 9.17) is 0 Å². The number of fused-ring (bicyclic) bond motifs is 3. The normalized spacial score (nSPS) is 13.2. The highest BCUT2D eigenvalue weighted by atomic mass is 35.5. The molecule has 1 aromatic heterocycles. The van der Waals surface area contributed by atoms with Crippen LogP contribution in [0.15, 0.2) is 36.4 Å². The van der Waals surface area contributed by atoms with Crippen molar-refractivity contribution in [2.75, 3.05) is 28.2 Å². The lowest BCUT2D eigenvalue weighted by atomic mass is 10.0. The standard InChI is InChI=1S/C24H31N3O2.2ClH/c1-15(26(3)4)11-23(28)17-7-9-19-20-10-8-18(14-22(20)25-21(19)13-17)24(29)12-16(2)27(5)6;;/h7-10,13-16,25H,11-12H2,1-6H3;2*1H. The average Bonchev–Trinajstić information content (AvgIpc) is 3.04. The second-order valence-corrected chi connectivity index (χ2v) is 8.53. The molecule has 0 aliphatic heterocycles. The number of nitrogens with zero attached hydrogens (tertiary/aromatic N) is 2. The SMILES string of the molecule is CC(CC(=O)c1ccc2c(c1)[nH]c1cc(C(=O)CC(C)N(C)C)ccc12)N(C)C.Cl.Cl. The van der Waals surface area contributed by atoms with Crippen molar-refractivity contribution in [2.45, 2.75) is 38.8 Å². The molecule has 3 aromatic rings. The maximum absolute atomic E-state index is 12.6. The van der Waals surface area contributed by atoms with E-state index in [-0.39, 0.29) is 48.5 Å². The summed E-state index contributed by atoms with van der Waals surface area (Å²) in [4.78, 5) is 32.8. The third-order valence-electron chi connectivity index (χ3n) is 5.97. The molecule has 7 heteroatoms. The summed E-state index contributed by atoms with van der Waals surface area (Å²) in [5, 5.41) is 2.13. The molecule has 0 fully saturated rings. The molecule has 0 aliphatic carbocycles. The smallest absolute Gasteiger partial charge is 0.164 e. The Morgan fingerprint density at radius 2 is 1.10 bits per heavy atom. The number of ketones is 2. The molecular weight excluding hydrogens is 433 g/mol. The zero-order chi connectivity index (χ0) is 21.3. The lowest BCUT2D eigenvalue weighted by molar-refractivity contribution is 0.0942. The van der Waals surface area contributed by atoms with Crippen molar-refractivity contribution in [1.29, 1.82) is 0 Å². The van der Waals surface area contributed by atoms with Crippen LogP contribution in [0.4, 0.5) is 0 Å². The second kappa shape index (κ2) is 11.1. The quantitative estimate of drug-likeness (QED) is 0.463. The molecule has 0 saturated carbocycles. The summed E-state index contributed by atoms with van der Waals surface area (Å²) in [5.74, 6) is 0.278. The zero-order valence-corrected chi connectivity index (χ0v) is 20.7. The van der Waals surface area contributed by atoms with Crippen LogP contribution < -0.4 is 0 Å². The number of Topliss-reactive ketones (excluding diaryl/α,β-unsaturated/α-hetero) is 2. The largest absolute Gasteiger partial charge is 0.354 e. The molecule has 0 saturated heterocycles. The predicted molar refractivity (Wildman–Crippen MR) is 134 cm³/mol. The van der Waals surface area contributed by atoms with Crippen molar-refractivity contribution >= 4 is 58.2 Å². The van der Waals surface area contributed by atoms with Crippen LogP contribution in [0, 0.1) is 0 Å². The maximum atomic E-state index is 12.6. The minimum absolute atomic E-state index is 0. The third kappa shape index (κ3) is 6.07. The van der Waals surface area contributed by atoms with Crippen molar-refractivity contribution in [2.24, 2.45) is 0 Å². The topological polar surface area (TPSA) is 56.4 Å². The van der Waals surface area contributed by atoms with E-state index in [2.05, 4.69) is 28.6 Å². The minimum atomic E-state index is 0. The van der Waals surface area contributed by atoms with Crippen molar-refractivity contribution < 1.29 is 9.59 Å². The first-order valence-electron chi connectivity index (χ1n) is 10.1. The van der Waals surface area contributed by atoms with Gasteiger partial charge in [0.25, 0.3) is 0 Å². The molecule has 1 heterocycles. The monoisotopic (exact) mass is 465 g/mol. The molecule has 2 aromatic carbocycles. The average molecular weight is 466 g/mol. The Morgan fingerprint density at radius 1 is 0.742 bits per heavy atom. The molecule has 170 valence electrons. The number of hydrogen-bond donors (Lipinski definition) is 1.